The van der Waals surface area contributed by atoms with Gasteiger partial charge in [-0.15, -0.1) is 0 Å². The maximum atomic E-state index is 12.3. The van der Waals surface area contributed by atoms with Crippen LogP contribution in [0, 0.1) is 0 Å². The van der Waals surface area contributed by atoms with Crippen LogP contribution in [-0.4, -0.2) is 18.4 Å². The highest BCUT2D eigenvalue weighted by Gasteiger charge is 2.16. The Labute approximate surface area is 157 Å². The summed E-state index contributed by atoms with van der Waals surface area (Å²) in [7, 11) is 0. The first-order valence-electron chi connectivity index (χ1n) is 6.90. The van der Waals surface area contributed by atoms with E-state index in [1.807, 2.05) is 6.92 Å². The molecule has 0 aromatic heterocycles. The molecule has 0 atom stereocenters. The fraction of sp³-hybridized carbons (Fsp3) is 0.125. The van der Waals surface area contributed by atoms with Crippen molar-refractivity contribution in [3.8, 4) is 5.75 Å². The molecule has 0 spiro atoms. The maximum absolute atomic E-state index is 12.3. The number of halogens is 3. The van der Waals surface area contributed by atoms with Crippen molar-refractivity contribution in [2.45, 2.75) is 6.92 Å². The molecule has 0 aliphatic carbocycles. The van der Waals surface area contributed by atoms with E-state index in [9.17, 15) is 9.59 Å². The summed E-state index contributed by atoms with van der Waals surface area (Å²) in [5.74, 6) is -0.659. The second kappa shape index (κ2) is 8.37. The van der Waals surface area contributed by atoms with Crippen molar-refractivity contribution in [2.24, 2.45) is 0 Å². The largest absolute Gasteiger partial charge is 0.493 e. The Bertz CT molecular complexity index is 784. The average Bonchev–Trinajstić information content (AvgIpc) is 2.54. The smallest absolute Gasteiger partial charge is 0.273 e. The van der Waals surface area contributed by atoms with Crippen LogP contribution in [-0.2, 0) is 0 Å². The summed E-state index contributed by atoms with van der Waals surface area (Å²) in [6.45, 7) is 2.22. The van der Waals surface area contributed by atoms with E-state index in [1.165, 1.54) is 18.2 Å². The molecule has 0 heterocycles. The second-order valence-electron chi connectivity index (χ2n) is 4.61. The molecule has 0 radical (unpaired) electrons. The van der Waals surface area contributed by atoms with Crippen LogP contribution in [0.2, 0.25) is 10.0 Å². The molecule has 0 saturated carbocycles. The van der Waals surface area contributed by atoms with E-state index in [4.69, 9.17) is 27.9 Å². The van der Waals surface area contributed by atoms with Crippen LogP contribution in [0.4, 0.5) is 0 Å². The third kappa shape index (κ3) is 4.63. The van der Waals surface area contributed by atoms with Gasteiger partial charge < -0.3 is 4.74 Å². The van der Waals surface area contributed by atoms with Crippen molar-refractivity contribution in [2.75, 3.05) is 6.61 Å². The zero-order valence-corrected chi connectivity index (χ0v) is 15.6. The first-order chi connectivity index (χ1) is 11.4. The summed E-state index contributed by atoms with van der Waals surface area (Å²) in [4.78, 5) is 24.4. The predicted octanol–water partition coefficient (Wildman–Crippen LogP) is 4.23. The number of hydrazine groups is 1. The molecule has 2 aromatic carbocycles. The number of benzene rings is 2. The Hall–Kier alpha value is -1.76. The number of carbonyl (C=O) groups excluding carboxylic acids is 2. The van der Waals surface area contributed by atoms with Gasteiger partial charge >= 0.3 is 0 Å². The predicted molar refractivity (Wildman–Crippen MR) is 96.7 cm³/mol. The van der Waals surface area contributed by atoms with Crippen molar-refractivity contribution < 1.29 is 14.3 Å². The molecule has 0 bridgehead atoms. The van der Waals surface area contributed by atoms with Gasteiger partial charge in [-0.3, -0.25) is 20.4 Å². The lowest BCUT2D eigenvalue weighted by atomic mass is 10.2. The first-order valence-corrected chi connectivity index (χ1v) is 8.45. The summed E-state index contributed by atoms with van der Waals surface area (Å²) >= 11 is 15.0. The number of hydrogen-bond donors (Lipinski definition) is 2. The Morgan fingerprint density at radius 1 is 1.04 bits per heavy atom. The van der Waals surface area contributed by atoms with Gasteiger partial charge in [-0.1, -0.05) is 39.1 Å². The molecule has 2 aromatic rings. The van der Waals surface area contributed by atoms with Crippen molar-refractivity contribution >= 4 is 50.9 Å². The van der Waals surface area contributed by atoms with Gasteiger partial charge in [0.25, 0.3) is 11.8 Å². The number of hydrogen-bond acceptors (Lipinski definition) is 3. The Balaban J connectivity index is 2.10. The fourth-order valence-corrected chi connectivity index (χ4v) is 2.74. The summed E-state index contributed by atoms with van der Waals surface area (Å²) in [6.07, 6.45) is 0. The highest BCUT2D eigenvalue weighted by Crippen LogP contribution is 2.23. The maximum Gasteiger partial charge on any atom is 0.273 e. The third-order valence-electron chi connectivity index (χ3n) is 2.95. The summed E-state index contributed by atoms with van der Waals surface area (Å²) < 4.78 is 6.12. The Kier molecular flexibility index (Phi) is 6.48. The van der Waals surface area contributed by atoms with E-state index < -0.39 is 11.8 Å². The number of amides is 2. The monoisotopic (exact) mass is 430 g/mol. The van der Waals surface area contributed by atoms with Crippen LogP contribution in [0.15, 0.2) is 40.9 Å². The Morgan fingerprint density at radius 2 is 1.71 bits per heavy atom. The standard InChI is InChI=1S/C16H13BrCl2N2O3/c1-2-24-14-6-3-9(17)7-12(14)16(23)21-20-15(22)11-5-4-10(18)8-13(11)19/h3-8H,2H2,1H3,(H,20,22)(H,21,23). The fourth-order valence-electron chi connectivity index (χ4n) is 1.88. The van der Waals surface area contributed by atoms with Crippen molar-refractivity contribution in [1.29, 1.82) is 0 Å². The molecular formula is C16H13BrCl2N2O3. The van der Waals surface area contributed by atoms with Gasteiger partial charge in [-0.05, 0) is 43.3 Å². The molecule has 8 heteroatoms. The van der Waals surface area contributed by atoms with Crippen molar-refractivity contribution in [3.05, 3.63) is 62.0 Å². The lowest BCUT2D eigenvalue weighted by molar-refractivity contribution is 0.0844. The summed E-state index contributed by atoms with van der Waals surface area (Å²) in [5, 5.41) is 0.600. The molecule has 0 fully saturated rings. The second-order valence-corrected chi connectivity index (χ2v) is 6.37. The third-order valence-corrected chi connectivity index (χ3v) is 3.99. The molecule has 0 unspecified atom stereocenters. The molecule has 5 nitrogen and oxygen atoms in total. The molecule has 0 aliphatic heterocycles. The minimum Gasteiger partial charge on any atom is -0.493 e. The van der Waals surface area contributed by atoms with Gasteiger partial charge in [-0.2, -0.15) is 0 Å². The molecule has 24 heavy (non-hydrogen) atoms. The van der Waals surface area contributed by atoms with Crippen LogP contribution >= 0.6 is 39.1 Å². The summed E-state index contributed by atoms with van der Waals surface area (Å²) in [5.41, 5.74) is 5.12. The van der Waals surface area contributed by atoms with E-state index in [0.717, 1.165) is 0 Å². The van der Waals surface area contributed by atoms with Gasteiger partial charge in [0.05, 0.1) is 22.8 Å². The van der Waals surface area contributed by atoms with E-state index in [2.05, 4.69) is 26.8 Å². The van der Waals surface area contributed by atoms with Crippen molar-refractivity contribution in [1.82, 2.24) is 10.9 Å². The zero-order valence-electron chi connectivity index (χ0n) is 12.5. The molecule has 2 rings (SSSR count). The van der Waals surface area contributed by atoms with Gasteiger partial charge in [0, 0.05) is 9.50 Å². The minimum absolute atomic E-state index is 0.187. The number of carbonyl (C=O) groups is 2. The van der Waals surface area contributed by atoms with Crippen LogP contribution in [0.1, 0.15) is 27.6 Å². The normalized spacial score (nSPS) is 10.2. The average molecular weight is 432 g/mol. The highest BCUT2D eigenvalue weighted by molar-refractivity contribution is 9.10. The van der Waals surface area contributed by atoms with Gasteiger partial charge in [0.1, 0.15) is 5.75 Å². The molecule has 0 aliphatic rings. The molecule has 0 saturated heterocycles. The Morgan fingerprint density at radius 3 is 2.33 bits per heavy atom. The summed E-state index contributed by atoms with van der Waals surface area (Å²) in [6, 6.07) is 9.47. The van der Waals surface area contributed by atoms with Crippen LogP contribution in [0.3, 0.4) is 0 Å². The molecular weight excluding hydrogens is 419 g/mol. The zero-order chi connectivity index (χ0) is 17.7. The minimum atomic E-state index is -0.557. The molecule has 2 N–H and O–H groups in total. The van der Waals surface area contributed by atoms with Crippen LogP contribution in [0.5, 0.6) is 5.75 Å². The highest BCUT2D eigenvalue weighted by atomic mass is 79.9. The topological polar surface area (TPSA) is 67.4 Å². The number of rotatable bonds is 4. The van der Waals surface area contributed by atoms with Crippen LogP contribution < -0.4 is 15.6 Å². The van der Waals surface area contributed by atoms with E-state index >= 15 is 0 Å². The first kappa shape index (κ1) is 18.6. The van der Waals surface area contributed by atoms with Gasteiger partial charge in [0.15, 0.2) is 0 Å². The van der Waals surface area contributed by atoms with Gasteiger partial charge in [0.2, 0.25) is 0 Å². The SMILES string of the molecule is CCOc1ccc(Br)cc1C(=O)NNC(=O)c1ccc(Cl)cc1Cl. The van der Waals surface area contributed by atoms with Crippen molar-refractivity contribution in [3.63, 3.8) is 0 Å². The molecule has 2 amide bonds. The lowest BCUT2D eigenvalue weighted by Crippen LogP contribution is -2.41. The van der Waals surface area contributed by atoms with Crippen LogP contribution in [0.25, 0.3) is 0 Å². The quantitative estimate of drug-likeness (QED) is 0.711. The van der Waals surface area contributed by atoms with Gasteiger partial charge in [-0.25, -0.2) is 0 Å². The van der Waals surface area contributed by atoms with E-state index in [-0.39, 0.29) is 16.1 Å². The van der Waals surface area contributed by atoms with E-state index in [1.54, 1.807) is 18.2 Å². The number of nitrogens with one attached hydrogen (secondary N) is 2. The number of ether oxygens (including phenoxy) is 1. The molecule has 126 valence electrons. The van der Waals surface area contributed by atoms with E-state index in [0.29, 0.717) is 21.9 Å². The lowest BCUT2D eigenvalue weighted by Gasteiger charge is -2.12.